The summed E-state index contributed by atoms with van der Waals surface area (Å²) in [6, 6.07) is 3.76. The lowest BCUT2D eigenvalue weighted by Crippen LogP contribution is -2.15. The molecular weight excluding hydrogens is 206 g/mol. The van der Waals surface area contributed by atoms with E-state index in [1.54, 1.807) is 14.2 Å². The monoisotopic (exact) mass is 225 g/mol. The maximum atomic E-state index is 9.91. The first kappa shape index (κ1) is 12.8. The molecule has 90 valence electrons. The van der Waals surface area contributed by atoms with Gasteiger partial charge in [0.25, 0.3) is 0 Å². The highest BCUT2D eigenvalue weighted by Gasteiger charge is 2.19. The number of nitrogens with two attached hydrogens (primary N) is 1. The first-order chi connectivity index (χ1) is 7.69. The largest absolute Gasteiger partial charge is 0.493 e. The number of ether oxygens (including phenoxy) is 2. The van der Waals surface area contributed by atoms with E-state index in [4.69, 9.17) is 15.2 Å². The molecule has 3 N–H and O–H groups in total. The molecule has 0 fully saturated rings. The minimum atomic E-state index is -0.722. The van der Waals surface area contributed by atoms with Crippen LogP contribution in [0.25, 0.3) is 0 Å². The number of hydrogen-bond donors (Lipinski definition) is 2. The summed E-state index contributed by atoms with van der Waals surface area (Å²) in [5.74, 6) is 1.18. The number of benzene rings is 1. The third kappa shape index (κ3) is 2.28. The van der Waals surface area contributed by atoms with Gasteiger partial charge in [0.2, 0.25) is 0 Å². The van der Waals surface area contributed by atoms with Crippen LogP contribution in [0.3, 0.4) is 0 Å². The van der Waals surface area contributed by atoms with Crippen molar-refractivity contribution in [1.29, 1.82) is 0 Å². The van der Waals surface area contributed by atoms with E-state index in [2.05, 4.69) is 0 Å². The Morgan fingerprint density at radius 1 is 1.31 bits per heavy atom. The Morgan fingerprint density at radius 2 is 2.00 bits per heavy atom. The fraction of sp³-hybridized carbons (Fsp3) is 0.500. The number of hydrogen-bond acceptors (Lipinski definition) is 4. The molecule has 1 aromatic carbocycles. The average molecular weight is 225 g/mol. The fourth-order valence-electron chi connectivity index (χ4n) is 1.78. The Balaban J connectivity index is 3.36. The summed E-state index contributed by atoms with van der Waals surface area (Å²) in [5, 5.41) is 9.91. The molecule has 0 spiro atoms. The van der Waals surface area contributed by atoms with Crippen molar-refractivity contribution in [3.8, 4) is 11.5 Å². The molecule has 0 saturated carbocycles. The van der Waals surface area contributed by atoms with Crippen molar-refractivity contribution in [2.45, 2.75) is 19.4 Å². The van der Waals surface area contributed by atoms with Gasteiger partial charge < -0.3 is 20.3 Å². The zero-order chi connectivity index (χ0) is 12.1. The van der Waals surface area contributed by atoms with Crippen LogP contribution < -0.4 is 15.2 Å². The molecule has 0 heterocycles. The fourth-order valence-corrected chi connectivity index (χ4v) is 1.78. The second-order valence-corrected chi connectivity index (χ2v) is 3.48. The molecule has 0 saturated heterocycles. The van der Waals surface area contributed by atoms with E-state index in [1.807, 2.05) is 19.1 Å². The Labute approximate surface area is 96.0 Å². The molecule has 0 aliphatic heterocycles. The van der Waals surface area contributed by atoms with Crippen LogP contribution in [0.15, 0.2) is 12.1 Å². The summed E-state index contributed by atoms with van der Waals surface area (Å²) >= 11 is 0. The summed E-state index contributed by atoms with van der Waals surface area (Å²) in [6.07, 6.45) is 0.0900. The third-order valence-corrected chi connectivity index (χ3v) is 2.61. The van der Waals surface area contributed by atoms with Gasteiger partial charge in [-0.2, -0.15) is 0 Å². The van der Waals surface area contributed by atoms with Crippen molar-refractivity contribution in [3.05, 3.63) is 23.3 Å². The minimum absolute atomic E-state index is 0.163. The van der Waals surface area contributed by atoms with Gasteiger partial charge in [0.1, 0.15) is 0 Å². The van der Waals surface area contributed by atoms with Crippen molar-refractivity contribution >= 4 is 0 Å². The minimum Gasteiger partial charge on any atom is -0.493 e. The highest BCUT2D eigenvalue weighted by Crippen LogP contribution is 2.37. The van der Waals surface area contributed by atoms with Crippen LogP contribution in [-0.2, 0) is 6.42 Å². The molecule has 0 bridgehead atoms. The molecule has 4 heteroatoms. The SMILES string of the molecule is CCc1ccc(OC)c(OC)c1C(O)CN. The Morgan fingerprint density at radius 3 is 2.44 bits per heavy atom. The molecule has 1 rings (SSSR count). The van der Waals surface area contributed by atoms with Gasteiger partial charge in [-0.25, -0.2) is 0 Å². The third-order valence-electron chi connectivity index (χ3n) is 2.61. The van der Waals surface area contributed by atoms with Gasteiger partial charge in [-0.1, -0.05) is 13.0 Å². The number of aryl methyl sites for hydroxylation is 1. The van der Waals surface area contributed by atoms with Crippen LogP contribution in [-0.4, -0.2) is 25.9 Å². The van der Waals surface area contributed by atoms with Crippen molar-refractivity contribution in [3.63, 3.8) is 0 Å². The molecule has 0 aliphatic carbocycles. The predicted octanol–water partition coefficient (Wildman–Crippen LogP) is 1.26. The smallest absolute Gasteiger partial charge is 0.166 e. The standard InChI is InChI=1S/C12H19NO3/c1-4-8-5-6-10(15-2)12(16-3)11(8)9(14)7-13/h5-6,9,14H,4,7,13H2,1-3H3. The van der Waals surface area contributed by atoms with E-state index >= 15 is 0 Å². The lowest BCUT2D eigenvalue weighted by Gasteiger charge is -2.19. The van der Waals surface area contributed by atoms with Gasteiger partial charge in [-0.05, 0) is 18.1 Å². The van der Waals surface area contributed by atoms with Gasteiger partial charge in [-0.15, -0.1) is 0 Å². The lowest BCUT2D eigenvalue weighted by molar-refractivity contribution is 0.180. The van der Waals surface area contributed by atoms with Crippen LogP contribution >= 0.6 is 0 Å². The van der Waals surface area contributed by atoms with Crippen LogP contribution in [0.1, 0.15) is 24.2 Å². The number of methoxy groups -OCH3 is 2. The van der Waals surface area contributed by atoms with E-state index in [0.717, 1.165) is 17.5 Å². The van der Waals surface area contributed by atoms with Gasteiger partial charge in [0.05, 0.1) is 20.3 Å². The van der Waals surface area contributed by atoms with E-state index in [1.165, 1.54) is 0 Å². The Bertz CT molecular complexity index is 352. The number of aliphatic hydroxyl groups is 1. The van der Waals surface area contributed by atoms with Crippen molar-refractivity contribution in [2.24, 2.45) is 5.73 Å². The normalized spacial score (nSPS) is 12.3. The first-order valence-electron chi connectivity index (χ1n) is 5.31. The summed E-state index contributed by atoms with van der Waals surface area (Å²) in [4.78, 5) is 0. The molecule has 4 nitrogen and oxygen atoms in total. The van der Waals surface area contributed by atoms with Crippen LogP contribution in [0.4, 0.5) is 0 Å². The summed E-state index contributed by atoms with van der Waals surface area (Å²) in [6.45, 7) is 2.19. The van der Waals surface area contributed by atoms with Gasteiger partial charge in [-0.3, -0.25) is 0 Å². The number of aliphatic hydroxyl groups excluding tert-OH is 1. The zero-order valence-electron chi connectivity index (χ0n) is 9.99. The average Bonchev–Trinajstić information content (AvgIpc) is 2.35. The molecule has 0 amide bonds. The van der Waals surface area contributed by atoms with Crippen LogP contribution in [0.2, 0.25) is 0 Å². The van der Waals surface area contributed by atoms with Gasteiger partial charge in [0.15, 0.2) is 11.5 Å². The Hall–Kier alpha value is -1.26. The maximum Gasteiger partial charge on any atom is 0.166 e. The van der Waals surface area contributed by atoms with E-state index in [-0.39, 0.29) is 6.54 Å². The van der Waals surface area contributed by atoms with Crippen LogP contribution in [0.5, 0.6) is 11.5 Å². The quantitative estimate of drug-likeness (QED) is 0.791. The molecule has 1 aromatic rings. The Kier molecular flexibility index (Phi) is 4.58. The van der Waals surface area contributed by atoms with Gasteiger partial charge >= 0.3 is 0 Å². The number of rotatable bonds is 5. The van der Waals surface area contributed by atoms with Crippen molar-refractivity contribution < 1.29 is 14.6 Å². The highest BCUT2D eigenvalue weighted by atomic mass is 16.5. The van der Waals surface area contributed by atoms with Crippen LogP contribution in [0, 0.1) is 0 Å². The molecule has 16 heavy (non-hydrogen) atoms. The zero-order valence-corrected chi connectivity index (χ0v) is 9.99. The highest BCUT2D eigenvalue weighted by molar-refractivity contribution is 5.52. The molecule has 1 unspecified atom stereocenters. The first-order valence-corrected chi connectivity index (χ1v) is 5.31. The molecule has 0 radical (unpaired) electrons. The summed E-state index contributed by atoms with van der Waals surface area (Å²) in [7, 11) is 3.13. The van der Waals surface area contributed by atoms with Gasteiger partial charge in [0, 0.05) is 12.1 Å². The van der Waals surface area contributed by atoms with E-state index in [9.17, 15) is 5.11 Å². The van der Waals surface area contributed by atoms with E-state index < -0.39 is 6.10 Å². The predicted molar refractivity (Wildman–Crippen MR) is 62.9 cm³/mol. The summed E-state index contributed by atoms with van der Waals surface area (Å²) in [5.41, 5.74) is 7.25. The molecule has 0 aromatic heterocycles. The topological polar surface area (TPSA) is 64.7 Å². The molecule has 0 aliphatic rings. The second kappa shape index (κ2) is 5.72. The van der Waals surface area contributed by atoms with Crippen molar-refractivity contribution in [2.75, 3.05) is 20.8 Å². The summed E-state index contributed by atoms with van der Waals surface area (Å²) < 4.78 is 10.5. The van der Waals surface area contributed by atoms with E-state index in [0.29, 0.717) is 11.5 Å². The maximum absolute atomic E-state index is 9.91. The van der Waals surface area contributed by atoms with Crippen molar-refractivity contribution in [1.82, 2.24) is 0 Å². The lowest BCUT2D eigenvalue weighted by atomic mass is 9.98. The second-order valence-electron chi connectivity index (χ2n) is 3.48. The molecule has 1 atom stereocenters. The molecular formula is C12H19NO3.